The fourth-order valence-electron chi connectivity index (χ4n) is 16.0. The summed E-state index contributed by atoms with van der Waals surface area (Å²) in [5, 5.41) is 5.05. The van der Waals surface area contributed by atoms with Crippen LogP contribution >= 0.6 is 0 Å². The lowest BCUT2D eigenvalue weighted by atomic mass is 9.34. The molecule has 10 aromatic carbocycles. The number of ether oxygens (including phenoxy) is 1. The number of fused-ring (bicyclic) bond motifs is 21. The second-order valence-electron chi connectivity index (χ2n) is 33.1. The third-order valence-electron chi connectivity index (χ3n) is 21.0. The van der Waals surface area contributed by atoms with E-state index in [4.69, 9.17) is 4.74 Å². The zero-order chi connectivity index (χ0) is 62.3. The van der Waals surface area contributed by atoms with Crippen molar-refractivity contribution in [3.05, 3.63) is 232 Å². The Hall–Kier alpha value is -8.34. The van der Waals surface area contributed by atoms with Gasteiger partial charge in [0.15, 0.2) is 0 Å². The highest BCUT2D eigenvalue weighted by atomic mass is 16.5. The van der Waals surface area contributed by atoms with Crippen molar-refractivity contribution >= 4 is 66.7 Å². The second-order valence-corrected chi connectivity index (χ2v) is 33.1. The summed E-state index contributed by atoms with van der Waals surface area (Å²) in [6.45, 7) is 42.2. The van der Waals surface area contributed by atoms with Gasteiger partial charge in [0.05, 0.1) is 27.5 Å². The maximum absolute atomic E-state index is 7.92. The second kappa shape index (κ2) is 18.0. The lowest BCUT2D eigenvalue weighted by molar-refractivity contribution is 0.486. The van der Waals surface area contributed by atoms with Gasteiger partial charge in [0, 0.05) is 32.9 Å². The lowest BCUT2D eigenvalue weighted by Gasteiger charge is -2.36. The van der Waals surface area contributed by atoms with Crippen molar-refractivity contribution in [2.45, 2.75) is 163 Å². The van der Waals surface area contributed by atoms with Crippen molar-refractivity contribution in [2.24, 2.45) is 0 Å². The van der Waals surface area contributed by atoms with Gasteiger partial charge in [-0.15, -0.1) is 0 Å². The molecule has 0 fully saturated rings. The maximum atomic E-state index is 7.92. The van der Waals surface area contributed by atoms with Gasteiger partial charge in [0.2, 0.25) is 0 Å². The first-order valence-electron chi connectivity index (χ1n) is 32.7. The molecule has 0 radical (unpaired) electrons. The van der Waals surface area contributed by atoms with Gasteiger partial charge in [-0.05, 0) is 180 Å². The standard InChI is InChI=1S/C85H83BN2O/c1-79(2,3)50-31-33-58-59-34-32-51(80(4,5)6)44-66(59)85(65(58)43-50)64-28-22-19-25-57(64)62-45-68-73(47-67(62)85)89-74-38-49(48-35-52(81(7,8)9)39-53(36-48)82(10,11)12)37-72-76(74)86(68)69-46-63-60-26-20-23-29-70(60)87(56-41-54(83(13,14)15)40-55(42-56)84(16,17)18)77(63)75-61-27-21-24-30-71(61)88(72)78(69)75/h19-47H,1-18H3. The maximum Gasteiger partial charge on any atom is 0.256 e. The Kier molecular flexibility index (Phi) is 11.3. The summed E-state index contributed by atoms with van der Waals surface area (Å²) < 4.78 is 13.2. The van der Waals surface area contributed by atoms with Crippen molar-refractivity contribution in [3.8, 4) is 56.3 Å². The summed E-state index contributed by atoms with van der Waals surface area (Å²) in [4.78, 5) is 0. The van der Waals surface area contributed by atoms with Gasteiger partial charge in [-0.1, -0.05) is 258 Å². The first kappa shape index (κ1) is 55.9. The number of hydrogen-bond acceptors (Lipinski definition) is 1. The largest absolute Gasteiger partial charge is 0.458 e. The molecule has 4 heterocycles. The normalized spacial score (nSPS) is 14.8. The molecular weight excluding hydrogens is 1080 g/mol. The fourth-order valence-corrected chi connectivity index (χ4v) is 16.0. The van der Waals surface area contributed by atoms with Crippen LogP contribution in [0.15, 0.2) is 176 Å². The number of hydrogen-bond donors (Lipinski definition) is 0. The Labute approximate surface area is 527 Å². The monoisotopic (exact) mass is 1160 g/mol. The minimum Gasteiger partial charge on any atom is -0.458 e. The molecule has 0 amide bonds. The Bertz CT molecular complexity index is 4980. The van der Waals surface area contributed by atoms with E-state index in [0.717, 1.165) is 17.1 Å². The van der Waals surface area contributed by atoms with Gasteiger partial charge >= 0.3 is 0 Å². The Morgan fingerprint density at radius 1 is 0.337 bits per heavy atom. The van der Waals surface area contributed by atoms with Crippen LogP contribution in [0.5, 0.6) is 11.5 Å². The SMILES string of the molecule is CC(C)(C)c1cc(-c2cc3c4c(c2)-n2c5ccccc5c5c2c(cc2c6ccccc6n(-c6cc(C(C)(C)C)cc(C(C)(C)C)c6)c25)B4c2cc4c(cc2O3)C2(c3ccccc3-4)c3cc(C(C)(C)C)ccc3-c3ccc(C(C)(C)C)cc32)cc(C(C)(C)C)c1. The average Bonchev–Trinajstić information content (AvgIpc) is 1.53. The van der Waals surface area contributed by atoms with E-state index in [1.165, 1.54) is 155 Å². The Balaban J connectivity index is 1.06. The van der Waals surface area contributed by atoms with E-state index in [0.29, 0.717) is 0 Å². The quantitative estimate of drug-likeness (QED) is 0.158. The highest BCUT2D eigenvalue weighted by Crippen LogP contribution is 2.64. The molecule has 0 atom stereocenters. The average molecular weight is 1160 g/mol. The molecular formula is C85H83BN2O. The van der Waals surface area contributed by atoms with Crippen LogP contribution in [0, 0.1) is 0 Å². The topological polar surface area (TPSA) is 19.1 Å². The van der Waals surface area contributed by atoms with E-state index in [-0.39, 0.29) is 39.2 Å². The van der Waals surface area contributed by atoms with Gasteiger partial charge in [-0.25, -0.2) is 0 Å². The van der Waals surface area contributed by atoms with Gasteiger partial charge in [-0.3, -0.25) is 0 Å². The minimum absolute atomic E-state index is 0.0608. The Morgan fingerprint density at radius 2 is 0.820 bits per heavy atom. The molecule has 0 N–H and O–H groups in total. The van der Waals surface area contributed by atoms with E-state index in [9.17, 15) is 0 Å². The van der Waals surface area contributed by atoms with Crippen molar-refractivity contribution < 1.29 is 4.74 Å². The highest BCUT2D eigenvalue weighted by Gasteiger charge is 2.54. The van der Waals surface area contributed by atoms with Crippen LogP contribution in [0.4, 0.5) is 0 Å². The van der Waals surface area contributed by atoms with Crippen LogP contribution in [-0.4, -0.2) is 15.8 Å². The molecule has 4 heteroatoms. The summed E-state index contributed by atoms with van der Waals surface area (Å²) in [7, 11) is 0. The minimum atomic E-state index is -0.592. The molecule has 1 spiro atoms. The number of para-hydroxylation sites is 2. The molecule has 2 aliphatic heterocycles. The predicted octanol–water partition coefficient (Wildman–Crippen LogP) is 20.6. The van der Waals surface area contributed by atoms with E-state index >= 15 is 0 Å². The molecule has 0 bridgehead atoms. The molecule has 2 aliphatic carbocycles. The smallest absolute Gasteiger partial charge is 0.256 e. The predicted molar refractivity (Wildman–Crippen MR) is 380 cm³/mol. The first-order valence-corrected chi connectivity index (χ1v) is 32.7. The molecule has 0 saturated heterocycles. The van der Waals surface area contributed by atoms with Gasteiger partial charge in [-0.2, -0.15) is 0 Å². The van der Waals surface area contributed by atoms with E-state index in [2.05, 4.69) is 310 Å². The molecule has 3 nitrogen and oxygen atoms in total. The highest BCUT2D eigenvalue weighted by molar-refractivity contribution is 6.99. The van der Waals surface area contributed by atoms with Crippen LogP contribution < -0.4 is 21.1 Å². The molecule has 2 aromatic heterocycles. The van der Waals surface area contributed by atoms with Crippen LogP contribution in [0.25, 0.3) is 88.4 Å². The summed E-state index contributed by atoms with van der Waals surface area (Å²) in [6, 6.07) is 70.0. The number of aromatic nitrogens is 2. The molecule has 16 rings (SSSR count). The van der Waals surface area contributed by atoms with Crippen molar-refractivity contribution in [3.63, 3.8) is 0 Å². The zero-order valence-corrected chi connectivity index (χ0v) is 55.6. The zero-order valence-electron chi connectivity index (χ0n) is 55.6. The molecule has 0 unspecified atom stereocenters. The third-order valence-corrected chi connectivity index (χ3v) is 21.0. The van der Waals surface area contributed by atoms with Crippen molar-refractivity contribution in [2.75, 3.05) is 0 Å². The molecule has 4 aliphatic rings. The summed E-state index contributed by atoms with van der Waals surface area (Å²) in [6.07, 6.45) is 0. The fraction of sp³-hybridized carbons (Fsp3) is 0.294. The van der Waals surface area contributed by atoms with Crippen molar-refractivity contribution in [1.29, 1.82) is 0 Å². The summed E-state index contributed by atoms with van der Waals surface area (Å²) in [5.74, 6) is 1.85. The summed E-state index contributed by atoms with van der Waals surface area (Å²) in [5.41, 5.74) is 31.0. The molecule has 0 saturated carbocycles. The van der Waals surface area contributed by atoms with Gasteiger partial charge in [0.25, 0.3) is 6.71 Å². The summed E-state index contributed by atoms with van der Waals surface area (Å²) >= 11 is 0. The molecule has 12 aromatic rings. The van der Waals surface area contributed by atoms with Crippen LogP contribution in [0.1, 0.15) is 180 Å². The lowest BCUT2D eigenvalue weighted by Crippen LogP contribution is -2.58. The van der Waals surface area contributed by atoms with Gasteiger partial charge in [0.1, 0.15) is 11.5 Å². The van der Waals surface area contributed by atoms with Crippen LogP contribution in [-0.2, 0) is 37.9 Å². The van der Waals surface area contributed by atoms with Crippen molar-refractivity contribution in [1.82, 2.24) is 9.13 Å². The molecule has 442 valence electrons. The molecule has 89 heavy (non-hydrogen) atoms. The number of rotatable bonds is 2. The van der Waals surface area contributed by atoms with Gasteiger partial charge < -0.3 is 13.9 Å². The third kappa shape index (κ3) is 7.90. The van der Waals surface area contributed by atoms with Crippen LogP contribution in [0.3, 0.4) is 0 Å². The number of nitrogens with zero attached hydrogens (tertiary/aromatic N) is 2. The number of benzene rings is 10. The Morgan fingerprint density at radius 3 is 1.39 bits per heavy atom. The van der Waals surface area contributed by atoms with E-state index in [1.54, 1.807) is 0 Å². The first-order chi connectivity index (χ1) is 41.9. The van der Waals surface area contributed by atoms with E-state index < -0.39 is 5.41 Å². The van der Waals surface area contributed by atoms with Crippen LogP contribution in [0.2, 0.25) is 0 Å². The van der Waals surface area contributed by atoms with E-state index in [1.807, 2.05) is 0 Å².